The fourth-order valence-electron chi connectivity index (χ4n) is 3.06. The first-order valence-corrected chi connectivity index (χ1v) is 10.1. The number of alkyl halides is 3. The van der Waals surface area contributed by atoms with Gasteiger partial charge in [-0.1, -0.05) is 52.4 Å². The minimum Gasteiger partial charge on any atom is -0.510 e. The Morgan fingerprint density at radius 1 is 1.07 bits per heavy atom. The molecule has 4 nitrogen and oxygen atoms in total. The van der Waals surface area contributed by atoms with Gasteiger partial charge in [-0.15, -0.1) is 0 Å². The third-order valence-corrected chi connectivity index (χ3v) is 4.76. The Labute approximate surface area is 170 Å². The molecule has 1 aromatic carbocycles. The first-order valence-electron chi connectivity index (χ1n) is 10.1. The molecule has 160 valence electrons. The zero-order valence-electron chi connectivity index (χ0n) is 17.0. The van der Waals surface area contributed by atoms with Crippen molar-refractivity contribution in [2.24, 2.45) is 5.92 Å². The molecule has 0 bridgehead atoms. The van der Waals surface area contributed by atoms with Crippen molar-refractivity contribution in [3.63, 3.8) is 0 Å². The van der Waals surface area contributed by atoms with Gasteiger partial charge < -0.3 is 10.4 Å². The molecule has 0 aromatic heterocycles. The van der Waals surface area contributed by atoms with Crippen LogP contribution >= 0.6 is 0 Å². The molecule has 0 heterocycles. The van der Waals surface area contributed by atoms with Crippen LogP contribution in [0.4, 0.5) is 18.9 Å². The molecule has 0 radical (unpaired) electrons. The maximum absolute atomic E-state index is 12.6. The summed E-state index contributed by atoms with van der Waals surface area (Å²) in [5.74, 6) is -1.33. The van der Waals surface area contributed by atoms with E-state index in [1.54, 1.807) is 6.07 Å². The number of nitrogens with one attached hydrogen (secondary N) is 1. The summed E-state index contributed by atoms with van der Waals surface area (Å²) in [7, 11) is 0. The first kappa shape index (κ1) is 24.5. The van der Waals surface area contributed by atoms with E-state index in [1.807, 2.05) is 0 Å². The van der Waals surface area contributed by atoms with Crippen LogP contribution in [-0.4, -0.2) is 11.0 Å². The lowest BCUT2D eigenvalue weighted by atomic mass is 9.91. The number of hydrogen-bond donors (Lipinski definition) is 2. The van der Waals surface area contributed by atoms with Crippen molar-refractivity contribution in [2.45, 2.75) is 71.4 Å². The third kappa shape index (κ3) is 8.18. The number of benzene rings is 1. The number of allylic oxidation sites excluding steroid dienone is 1. The van der Waals surface area contributed by atoms with Gasteiger partial charge in [-0.3, -0.25) is 4.79 Å². The maximum Gasteiger partial charge on any atom is 0.416 e. The monoisotopic (exact) mass is 410 g/mol. The van der Waals surface area contributed by atoms with Crippen LogP contribution in [-0.2, 0) is 11.0 Å². The Morgan fingerprint density at radius 3 is 2.00 bits per heavy atom. The molecule has 1 aromatic rings. The van der Waals surface area contributed by atoms with E-state index in [0.717, 1.165) is 62.8 Å². The van der Waals surface area contributed by atoms with E-state index in [9.17, 15) is 28.3 Å². The number of unbranched alkanes of at least 4 members (excludes halogenated alkanes) is 4. The van der Waals surface area contributed by atoms with Crippen molar-refractivity contribution in [3.05, 3.63) is 41.2 Å². The number of nitriles is 1. The molecule has 0 aliphatic heterocycles. The number of amides is 1. The van der Waals surface area contributed by atoms with E-state index >= 15 is 0 Å². The summed E-state index contributed by atoms with van der Waals surface area (Å²) in [5, 5.41) is 22.4. The minimum absolute atomic E-state index is 0.122. The van der Waals surface area contributed by atoms with Gasteiger partial charge in [0, 0.05) is 11.6 Å². The van der Waals surface area contributed by atoms with Crippen LogP contribution in [0, 0.1) is 17.2 Å². The molecule has 1 amide bonds. The Morgan fingerprint density at radius 2 is 1.59 bits per heavy atom. The molecular formula is C22H29F3N2O2. The van der Waals surface area contributed by atoms with Gasteiger partial charge in [-0.2, -0.15) is 18.4 Å². The summed E-state index contributed by atoms with van der Waals surface area (Å²) in [6.07, 6.45) is 2.70. The molecule has 1 rings (SSSR count). The highest BCUT2D eigenvalue weighted by molar-refractivity contribution is 6.06. The highest BCUT2D eigenvalue weighted by Crippen LogP contribution is 2.30. The molecule has 0 saturated heterocycles. The Kier molecular flexibility index (Phi) is 10.3. The van der Waals surface area contributed by atoms with Gasteiger partial charge in [0.1, 0.15) is 11.8 Å². The SMILES string of the molecule is CCCCCC(CCCCC)/C(O)=C(\C#N)C(=O)Nc1ccc(C(F)(F)F)cc1. The van der Waals surface area contributed by atoms with E-state index < -0.39 is 17.6 Å². The molecule has 0 atom stereocenters. The van der Waals surface area contributed by atoms with Crippen molar-refractivity contribution in [2.75, 3.05) is 5.32 Å². The first-order chi connectivity index (χ1) is 13.7. The van der Waals surface area contributed by atoms with E-state index in [-0.39, 0.29) is 22.9 Å². The smallest absolute Gasteiger partial charge is 0.416 e. The van der Waals surface area contributed by atoms with E-state index in [1.165, 1.54) is 0 Å². The second kappa shape index (κ2) is 12.2. The van der Waals surface area contributed by atoms with Crippen molar-refractivity contribution >= 4 is 11.6 Å². The molecule has 0 spiro atoms. The van der Waals surface area contributed by atoms with Crippen LogP contribution in [0.3, 0.4) is 0 Å². The molecule has 0 aliphatic rings. The fourth-order valence-corrected chi connectivity index (χ4v) is 3.06. The molecule has 0 aliphatic carbocycles. The zero-order chi connectivity index (χ0) is 21.9. The maximum atomic E-state index is 12.6. The van der Waals surface area contributed by atoms with E-state index in [2.05, 4.69) is 19.2 Å². The summed E-state index contributed by atoms with van der Waals surface area (Å²) < 4.78 is 37.9. The highest BCUT2D eigenvalue weighted by Gasteiger charge is 2.30. The third-order valence-electron chi connectivity index (χ3n) is 4.76. The van der Waals surface area contributed by atoms with Gasteiger partial charge >= 0.3 is 6.18 Å². The summed E-state index contributed by atoms with van der Waals surface area (Å²) in [5.41, 5.74) is -1.10. The number of carbonyl (C=O) groups is 1. The summed E-state index contributed by atoms with van der Waals surface area (Å²) in [6, 6.07) is 5.69. The highest BCUT2D eigenvalue weighted by atomic mass is 19.4. The lowest BCUT2D eigenvalue weighted by molar-refractivity contribution is -0.137. The van der Waals surface area contributed by atoms with Crippen LogP contribution < -0.4 is 5.32 Å². The topological polar surface area (TPSA) is 73.1 Å². The molecule has 0 unspecified atom stereocenters. The van der Waals surface area contributed by atoms with Gasteiger partial charge in [0.05, 0.1) is 5.56 Å². The second-order valence-corrected chi connectivity index (χ2v) is 7.09. The Bertz CT molecular complexity index is 709. The molecule has 0 saturated carbocycles. The van der Waals surface area contributed by atoms with Crippen LogP contribution in [0.5, 0.6) is 0 Å². The number of aliphatic hydroxyl groups excluding tert-OH is 1. The van der Waals surface area contributed by atoms with Gasteiger partial charge in [0.15, 0.2) is 5.57 Å². The lowest BCUT2D eigenvalue weighted by Crippen LogP contribution is -2.18. The minimum atomic E-state index is -4.47. The van der Waals surface area contributed by atoms with Crippen LogP contribution in [0.25, 0.3) is 0 Å². The predicted molar refractivity (Wildman–Crippen MR) is 107 cm³/mol. The number of rotatable bonds is 11. The van der Waals surface area contributed by atoms with Crippen molar-refractivity contribution in [1.29, 1.82) is 5.26 Å². The summed E-state index contributed by atoms with van der Waals surface area (Å²) in [6.45, 7) is 4.14. The predicted octanol–water partition coefficient (Wildman–Crippen LogP) is 6.76. The van der Waals surface area contributed by atoms with Crippen molar-refractivity contribution in [1.82, 2.24) is 0 Å². The number of halogens is 3. The zero-order valence-corrected chi connectivity index (χ0v) is 17.0. The van der Waals surface area contributed by atoms with Crippen LogP contribution in [0.15, 0.2) is 35.6 Å². The Balaban J connectivity index is 2.96. The molecule has 29 heavy (non-hydrogen) atoms. The Hall–Kier alpha value is -2.49. The van der Waals surface area contributed by atoms with Crippen LogP contribution in [0.2, 0.25) is 0 Å². The summed E-state index contributed by atoms with van der Waals surface area (Å²) >= 11 is 0. The largest absolute Gasteiger partial charge is 0.510 e. The number of nitrogens with zero attached hydrogens (tertiary/aromatic N) is 1. The number of aliphatic hydroxyl groups is 1. The fraction of sp³-hybridized carbons (Fsp3) is 0.545. The van der Waals surface area contributed by atoms with Gasteiger partial charge in [-0.05, 0) is 37.1 Å². The van der Waals surface area contributed by atoms with Gasteiger partial charge in [0.25, 0.3) is 5.91 Å². The van der Waals surface area contributed by atoms with E-state index in [0.29, 0.717) is 12.8 Å². The quantitative estimate of drug-likeness (QED) is 0.183. The van der Waals surface area contributed by atoms with E-state index in [4.69, 9.17) is 0 Å². The van der Waals surface area contributed by atoms with Gasteiger partial charge in [-0.25, -0.2) is 0 Å². The number of hydrogen-bond acceptors (Lipinski definition) is 3. The lowest BCUT2D eigenvalue weighted by Gasteiger charge is -2.17. The van der Waals surface area contributed by atoms with Crippen LogP contribution in [0.1, 0.15) is 70.8 Å². The normalized spacial score (nSPS) is 12.4. The molecule has 2 N–H and O–H groups in total. The number of carbonyl (C=O) groups excluding carboxylic acids is 1. The average Bonchev–Trinajstić information content (AvgIpc) is 2.67. The van der Waals surface area contributed by atoms with Crippen molar-refractivity contribution in [3.8, 4) is 6.07 Å². The van der Waals surface area contributed by atoms with Gasteiger partial charge in [0.2, 0.25) is 0 Å². The summed E-state index contributed by atoms with van der Waals surface area (Å²) in [4.78, 5) is 12.5. The molecule has 0 fully saturated rings. The van der Waals surface area contributed by atoms with Crippen molar-refractivity contribution < 1.29 is 23.1 Å². The number of anilines is 1. The molecular weight excluding hydrogens is 381 g/mol. The second-order valence-electron chi connectivity index (χ2n) is 7.09. The average molecular weight is 410 g/mol. The molecule has 7 heteroatoms. The standard InChI is InChI=1S/C22H29F3N2O2/c1-3-5-7-9-16(10-8-6-4-2)20(28)19(15-26)21(29)27-18-13-11-17(12-14-18)22(23,24)25/h11-14,16,28H,3-10H2,1-2H3,(H,27,29)/b20-19-.